The molecule has 4 aromatic rings. The van der Waals surface area contributed by atoms with Crippen molar-refractivity contribution in [2.24, 2.45) is 0 Å². The molecule has 0 bridgehead atoms. The van der Waals surface area contributed by atoms with Gasteiger partial charge in [0.25, 0.3) is 0 Å². The number of hydrogen-bond donors (Lipinski definition) is 2. The van der Waals surface area contributed by atoms with Gasteiger partial charge in [-0.3, -0.25) is 9.32 Å². The molecule has 238 valence electrons. The number of anilines is 1. The van der Waals surface area contributed by atoms with E-state index in [2.05, 4.69) is 14.8 Å². The molecule has 2 aromatic heterocycles. The second kappa shape index (κ2) is 14.5. The zero-order chi connectivity index (χ0) is 40.3. The third kappa shape index (κ3) is 7.77. The van der Waals surface area contributed by atoms with Gasteiger partial charge >= 0.3 is 13.7 Å². The molecule has 4 rings (SSSR count). The predicted octanol–water partition coefficient (Wildman–Crippen LogP) is 6.74. The van der Waals surface area contributed by atoms with Gasteiger partial charge in [-0.15, -0.1) is 0 Å². The van der Waals surface area contributed by atoms with Crippen LogP contribution < -0.4 is 15.3 Å². The number of nitrogens with two attached hydrogens (primary N) is 1. The van der Waals surface area contributed by atoms with Crippen molar-refractivity contribution in [1.29, 1.82) is 0 Å². The van der Waals surface area contributed by atoms with E-state index in [4.69, 9.17) is 38.2 Å². The highest BCUT2D eigenvalue weighted by Gasteiger charge is 2.39. The van der Waals surface area contributed by atoms with Crippen LogP contribution in [-0.2, 0) is 35.5 Å². The van der Waals surface area contributed by atoms with Crippen LogP contribution in [0, 0.1) is 0 Å². The van der Waals surface area contributed by atoms with Crippen LogP contribution in [0.5, 0.6) is 5.75 Å². The molecule has 0 spiro atoms. The predicted molar refractivity (Wildman–Crippen MR) is 172 cm³/mol. The van der Waals surface area contributed by atoms with Crippen molar-refractivity contribution in [3.63, 3.8) is 0 Å². The lowest BCUT2D eigenvalue weighted by Crippen LogP contribution is -2.40. The van der Waals surface area contributed by atoms with Gasteiger partial charge in [0.1, 0.15) is 29.7 Å². The Morgan fingerprint density at radius 1 is 1.14 bits per heavy atom. The summed E-state index contributed by atoms with van der Waals surface area (Å²) in [6.45, 7) is -5.46. The molecule has 0 fully saturated rings. The third-order valence-electron chi connectivity index (χ3n) is 6.87. The number of carbonyl (C=O) groups is 1. The van der Waals surface area contributed by atoms with Crippen LogP contribution in [0.2, 0.25) is 0 Å². The molecular formula is C32H44N5O6P. The molecule has 3 atom stereocenters. The number of hydrogen-bond acceptors (Lipinski definition) is 9. The molecule has 0 aliphatic carbocycles. The number of fused-ring (bicyclic) bond motifs is 3. The number of ether oxygens (including phenoxy) is 2. The number of esters is 1. The second-order valence-corrected chi connectivity index (χ2v) is 12.0. The maximum absolute atomic E-state index is 14.8. The molecule has 3 N–H and O–H groups in total. The number of nitrogens with one attached hydrogen (secondary N) is 1. The number of carbonyl (C=O) groups excluding carboxylic acids is 1. The Hall–Kier alpha value is -3.50. The first-order valence-electron chi connectivity index (χ1n) is 19.1. The van der Waals surface area contributed by atoms with Gasteiger partial charge in [-0.1, -0.05) is 56.2 Å². The van der Waals surface area contributed by atoms with E-state index in [1.807, 2.05) is 30.5 Å². The van der Waals surface area contributed by atoms with Gasteiger partial charge in [0, 0.05) is 24.3 Å². The highest BCUT2D eigenvalue weighted by molar-refractivity contribution is 7.52. The first-order chi connectivity index (χ1) is 25.0. The number of nitrogens with zero attached hydrogens (tertiary/aromatic N) is 3. The molecule has 0 aliphatic rings. The van der Waals surface area contributed by atoms with Gasteiger partial charge in [-0.05, 0) is 59.0 Å². The Morgan fingerprint density at radius 2 is 1.89 bits per heavy atom. The lowest BCUT2D eigenvalue weighted by atomic mass is 9.94. The van der Waals surface area contributed by atoms with E-state index < -0.39 is 58.5 Å². The Kier molecular flexibility index (Phi) is 7.29. The molecule has 0 radical (unpaired) electrons. The maximum atomic E-state index is 14.8. The monoisotopic (exact) mass is 635 g/mol. The van der Waals surface area contributed by atoms with E-state index in [0.29, 0.717) is 47.2 Å². The summed E-state index contributed by atoms with van der Waals surface area (Å²) in [6, 6.07) is 12.0. The zero-order valence-electron chi connectivity index (χ0n) is 34.8. The maximum Gasteiger partial charge on any atom is 0.459 e. The number of rotatable bonds is 16. The van der Waals surface area contributed by atoms with Crippen molar-refractivity contribution in [1.82, 2.24) is 19.6 Å². The highest BCUT2D eigenvalue weighted by Crippen LogP contribution is 2.47. The van der Waals surface area contributed by atoms with Crippen molar-refractivity contribution in [2.75, 3.05) is 18.9 Å². The lowest BCUT2D eigenvalue weighted by Gasteiger charge is -2.35. The minimum Gasteiger partial charge on any atom is -0.462 e. The van der Waals surface area contributed by atoms with E-state index in [9.17, 15) is 9.36 Å². The van der Waals surface area contributed by atoms with Gasteiger partial charge in [0.2, 0.25) is 0 Å². The average Bonchev–Trinajstić information content (AvgIpc) is 3.48. The Labute approximate surface area is 273 Å². The highest BCUT2D eigenvalue weighted by atomic mass is 31.2. The van der Waals surface area contributed by atoms with E-state index >= 15 is 0 Å². The minimum absolute atomic E-state index is 0.0336. The molecule has 11 nitrogen and oxygen atoms in total. The smallest absolute Gasteiger partial charge is 0.459 e. The van der Waals surface area contributed by atoms with Crippen molar-refractivity contribution in [3.8, 4) is 5.75 Å². The Morgan fingerprint density at radius 3 is 2.59 bits per heavy atom. The first kappa shape index (κ1) is 22.1. The minimum atomic E-state index is -5.03. The number of unbranched alkanes of at least 4 members (excludes halogenated alkanes) is 1. The molecule has 0 aliphatic heterocycles. The summed E-state index contributed by atoms with van der Waals surface area (Å²) in [5.74, 6) is -1.51. The molecule has 0 amide bonds. The van der Waals surface area contributed by atoms with Crippen molar-refractivity contribution >= 4 is 41.5 Å². The number of aromatic nitrogens is 3. The zero-order valence-corrected chi connectivity index (χ0v) is 25.7. The lowest BCUT2D eigenvalue weighted by molar-refractivity contribution is -0.149. The molecule has 2 heterocycles. The van der Waals surface area contributed by atoms with E-state index in [1.54, 1.807) is 25.1 Å². The number of para-hydroxylation sites is 2. The van der Waals surface area contributed by atoms with Crippen LogP contribution in [0.15, 0.2) is 54.6 Å². The average molecular weight is 636 g/mol. The fraction of sp³-hybridized carbons (Fsp3) is 0.469. The molecule has 12 heteroatoms. The van der Waals surface area contributed by atoms with Gasteiger partial charge in [0.15, 0.2) is 5.82 Å². The Balaban J connectivity index is 1.86. The van der Waals surface area contributed by atoms with E-state index in [-0.39, 0.29) is 18.2 Å². The quantitative estimate of drug-likeness (QED) is 0.100. The second-order valence-electron chi connectivity index (χ2n) is 10.3. The van der Waals surface area contributed by atoms with Crippen molar-refractivity contribution < 1.29 is 41.6 Å². The largest absolute Gasteiger partial charge is 0.462 e. The molecule has 44 heavy (non-hydrogen) atoms. The summed E-state index contributed by atoms with van der Waals surface area (Å²) in [5.41, 5.74) is 6.78. The summed E-state index contributed by atoms with van der Waals surface area (Å²) < 4.78 is 117. The van der Waals surface area contributed by atoms with Gasteiger partial charge < -0.3 is 24.3 Å². The fourth-order valence-electron chi connectivity index (χ4n) is 4.83. The Bertz CT molecular complexity index is 1960. The van der Waals surface area contributed by atoms with Crippen LogP contribution in [0.1, 0.15) is 80.1 Å². The number of nitrogen functional groups attached to an aromatic ring is 1. The third-order valence-corrected chi connectivity index (χ3v) is 8.37. The normalized spacial score (nSPS) is 19.7. The molecule has 0 saturated heterocycles. The topological polar surface area (TPSA) is 140 Å². The SMILES string of the molecule is [2H]C([2H])([2H])[C@H](N[P@@](=O)(OC[C@](C)(CCCC)n1c(COCC)nc2c(N)nc3ccccc3c21)Oc1ccccc1)C(=O)OC([2H])(C([2H])([2H])[2H])C([2H])([2H])[2H]. The molecule has 0 saturated carbocycles. The summed E-state index contributed by atoms with van der Waals surface area (Å²) in [6.07, 6.45) is -2.17. The standard InChI is InChI=1S/C32H44N5O6P/c1-7-9-19-32(6,21-41-44(39,43-24-15-11-10-12-16-24)36-23(5)31(38)42-22(3)4)37-27(20-40-8-2)35-28-29(37)25-17-13-14-18-26(25)34-30(28)33/h10-18,22-23H,7-9,19-21H2,1-6H3,(H2,33,34)(H,36,39)/t23-,32-,44+/m0/s1/i3D3,4D3,5D3,22D. The van der Waals surface area contributed by atoms with E-state index in [0.717, 1.165) is 6.42 Å². The summed E-state index contributed by atoms with van der Waals surface area (Å²) in [4.78, 5) is 22.8. The van der Waals surface area contributed by atoms with Gasteiger partial charge in [-0.25, -0.2) is 14.5 Å². The van der Waals surface area contributed by atoms with Crippen LogP contribution in [0.3, 0.4) is 0 Å². The van der Waals surface area contributed by atoms with Crippen LogP contribution >= 0.6 is 7.75 Å². The van der Waals surface area contributed by atoms with Crippen molar-refractivity contribution in [2.45, 2.75) is 84.9 Å². The molecule has 0 unspecified atom stereocenters. The number of pyridine rings is 1. The number of benzene rings is 2. The van der Waals surface area contributed by atoms with Gasteiger partial charge in [0.05, 0.1) is 30.6 Å². The van der Waals surface area contributed by atoms with Crippen LogP contribution in [0.4, 0.5) is 5.82 Å². The summed E-state index contributed by atoms with van der Waals surface area (Å²) in [5, 5.41) is 2.78. The van der Waals surface area contributed by atoms with Crippen LogP contribution in [0.25, 0.3) is 21.9 Å². The fourth-order valence-corrected chi connectivity index (χ4v) is 6.28. The number of imidazole rings is 1. The summed E-state index contributed by atoms with van der Waals surface area (Å²) >= 11 is 0. The first-order valence-corrected chi connectivity index (χ1v) is 15.7. The van der Waals surface area contributed by atoms with Crippen molar-refractivity contribution in [3.05, 3.63) is 60.4 Å². The van der Waals surface area contributed by atoms with E-state index in [1.165, 1.54) is 24.3 Å². The van der Waals surface area contributed by atoms with Crippen LogP contribution in [-0.4, -0.2) is 45.8 Å². The van der Waals surface area contributed by atoms with Gasteiger partial charge in [-0.2, -0.15) is 5.09 Å². The molecular weight excluding hydrogens is 581 g/mol. The summed E-state index contributed by atoms with van der Waals surface area (Å²) in [7, 11) is -5.03. The molecule has 2 aromatic carbocycles.